The van der Waals surface area contributed by atoms with Crippen LogP contribution in [0.5, 0.6) is 0 Å². The molecule has 1 unspecified atom stereocenters. The lowest BCUT2D eigenvalue weighted by atomic mass is 10.1. The molecular weight excluding hydrogens is 290 g/mol. The SMILES string of the molecule is CSc1cccc(NC(C)c2nncn2C)c1C(N)=S. The van der Waals surface area contributed by atoms with Gasteiger partial charge in [0.1, 0.15) is 11.3 Å². The van der Waals surface area contributed by atoms with Crippen molar-refractivity contribution in [1.29, 1.82) is 0 Å². The summed E-state index contributed by atoms with van der Waals surface area (Å²) in [5.74, 6) is 0.855. The zero-order valence-corrected chi connectivity index (χ0v) is 13.3. The first-order valence-electron chi connectivity index (χ1n) is 6.11. The van der Waals surface area contributed by atoms with Crippen LogP contribution in [0.15, 0.2) is 29.4 Å². The molecule has 0 saturated heterocycles. The Morgan fingerprint density at radius 1 is 1.50 bits per heavy atom. The van der Waals surface area contributed by atoms with Gasteiger partial charge in [-0.05, 0) is 25.3 Å². The standard InChI is InChI=1S/C13H17N5S2/c1-8(13-17-15-7-18(13)2)16-9-5-4-6-10(20-3)11(9)12(14)19/h4-8,16H,1-3H3,(H2,14,19). The van der Waals surface area contributed by atoms with E-state index >= 15 is 0 Å². The third kappa shape index (κ3) is 2.94. The minimum absolute atomic E-state index is 0.00714. The van der Waals surface area contributed by atoms with Gasteiger partial charge in [0.15, 0.2) is 5.82 Å². The van der Waals surface area contributed by atoms with E-state index in [1.165, 1.54) is 0 Å². The molecule has 0 bridgehead atoms. The predicted molar refractivity (Wildman–Crippen MR) is 87.2 cm³/mol. The summed E-state index contributed by atoms with van der Waals surface area (Å²) in [6.07, 6.45) is 3.69. The van der Waals surface area contributed by atoms with Crippen molar-refractivity contribution in [2.45, 2.75) is 17.9 Å². The van der Waals surface area contributed by atoms with Crippen LogP contribution in [0.1, 0.15) is 24.4 Å². The lowest BCUT2D eigenvalue weighted by Gasteiger charge is -2.18. The zero-order valence-electron chi connectivity index (χ0n) is 11.6. The monoisotopic (exact) mass is 307 g/mol. The highest BCUT2D eigenvalue weighted by atomic mass is 32.2. The Morgan fingerprint density at radius 2 is 2.25 bits per heavy atom. The number of nitrogens with two attached hydrogens (primary N) is 1. The smallest absolute Gasteiger partial charge is 0.154 e. The van der Waals surface area contributed by atoms with Crippen LogP contribution >= 0.6 is 24.0 Å². The van der Waals surface area contributed by atoms with Crippen LogP contribution < -0.4 is 11.1 Å². The molecule has 1 heterocycles. The van der Waals surface area contributed by atoms with E-state index < -0.39 is 0 Å². The molecule has 0 fully saturated rings. The second-order valence-corrected chi connectivity index (χ2v) is 5.70. The second-order valence-electron chi connectivity index (χ2n) is 4.41. The van der Waals surface area contributed by atoms with Crippen LogP contribution in [0, 0.1) is 0 Å². The van der Waals surface area contributed by atoms with Crippen molar-refractivity contribution in [1.82, 2.24) is 14.8 Å². The lowest BCUT2D eigenvalue weighted by Crippen LogP contribution is -2.17. The number of aromatic nitrogens is 3. The molecule has 1 aromatic carbocycles. The van der Waals surface area contributed by atoms with Crippen LogP contribution in [0.4, 0.5) is 5.69 Å². The van der Waals surface area contributed by atoms with Crippen molar-refractivity contribution < 1.29 is 0 Å². The van der Waals surface area contributed by atoms with Gasteiger partial charge in [-0.1, -0.05) is 18.3 Å². The van der Waals surface area contributed by atoms with Crippen LogP contribution in [0.3, 0.4) is 0 Å². The Bertz CT molecular complexity index is 623. The highest BCUT2D eigenvalue weighted by molar-refractivity contribution is 7.98. The summed E-state index contributed by atoms with van der Waals surface area (Å²) in [4.78, 5) is 1.45. The van der Waals surface area contributed by atoms with Gasteiger partial charge in [0.25, 0.3) is 0 Å². The van der Waals surface area contributed by atoms with Gasteiger partial charge in [0.2, 0.25) is 0 Å². The maximum absolute atomic E-state index is 5.86. The molecule has 5 nitrogen and oxygen atoms in total. The number of hydrogen-bond acceptors (Lipinski definition) is 5. The van der Waals surface area contributed by atoms with Crippen LogP contribution in [0.25, 0.3) is 0 Å². The molecule has 0 aliphatic rings. The minimum Gasteiger partial charge on any atom is -0.389 e. The Kier molecular flexibility index (Phi) is 4.61. The number of thiocarbonyl (C=S) groups is 1. The first kappa shape index (κ1) is 14.8. The van der Waals surface area contributed by atoms with Crippen LogP contribution in [-0.2, 0) is 7.05 Å². The summed E-state index contributed by atoms with van der Waals surface area (Å²) < 4.78 is 1.89. The van der Waals surface area contributed by atoms with Crippen molar-refractivity contribution in [2.24, 2.45) is 12.8 Å². The lowest BCUT2D eigenvalue weighted by molar-refractivity contribution is 0.719. The van der Waals surface area contributed by atoms with E-state index in [1.54, 1.807) is 18.1 Å². The van der Waals surface area contributed by atoms with Gasteiger partial charge in [0, 0.05) is 23.2 Å². The first-order chi connectivity index (χ1) is 9.54. The summed E-state index contributed by atoms with van der Waals surface area (Å²) in [6.45, 7) is 2.03. The fraction of sp³-hybridized carbons (Fsp3) is 0.308. The number of rotatable bonds is 5. The molecule has 0 amide bonds. The average Bonchev–Trinajstić information content (AvgIpc) is 2.84. The highest BCUT2D eigenvalue weighted by Crippen LogP contribution is 2.29. The quantitative estimate of drug-likeness (QED) is 0.653. The molecule has 1 atom stereocenters. The maximum atomic E-state index is 5.86. The molecule has 3 N–H and O–H groups in total. The summed E-state index contributed by atoms with van der Waals surface area (Å²) in [6, 6.07) is 5.98. The van der Waals surface area contributed by atoms with Gasteiger partial charge in [-0.2, -0.15) is 0 Å². The molecule has 0 radical (unpaired) electrons. The van der Waals surface area contributed by atoms with Crippen molar-refractivity contribution in [3.05, 3.63) is 35.9 Å². The van der Waals surface area contributed by atoms with Crippen molar-refractivity contribution >= 4 is 34.7 Å². The van der Waals surface area contributed by atoms with E-state index in [1.807, 2.05) is 43.0 Å². The molecule has 0 aliphatic carbocycles. The number of benzene rings is 1. The van der Waals surface area contributed by atoms with Crippen LogP contribution in [-0.4, -0.2) is 26.0 Å². The van der Waals surface area contributed by atoms with E-state index in [4.69, 9.17) is 18.0 Å². The van der Waals surface area contributed by atoms with E-state index in [0.717, 1.165) is 22.0 Å². The number of anilines is 1. The van der Waals surface area contributed by atoms with Gasteiger partial charge >= 0.3 is 0 Å². The summed E-state index contributed by atoms with van der Waals surface area (Å²) in [5, 5.41) is 11.4. The Labute approximate surface area is 128 Å². The first-order valence-corrected chi connectivity index (χ1v) is 7.75. The van der Waals surface area contributed by atoms with Gasteiger partial charge in [-0.15, -0.1) is 22.0 Å². The normalized spacial score (nSPS) is 12.2. The molecule has 0 aliphatic heterocycles. The predicted octanol–water partition coefficient (Wildman–Crippen LogP) is 2.34. The number of aryl methyl sites for hydroxylation is 1. The topological polar surface area (TPSA) is 68.8 Å². The summed E-state index contributed by atoms with van der Waals surface area (Å²) in [7, 11) is 1.92. The second kappa shape index (κ2) is 6.23. The molecule has 0 spiro atoms. The van der Waals surface area contributed by atoms with Crippen LogP contribution in [0.2, 0.25) is 0 Å². The Hall–Kier alpha value is -1.60. The number of thioether (sulfide) groups is 1. The zero-order chi connectivity index (χ0) is 14.7. The maximum Gasteiger partial charge on any atom is 0.154 e. The molecular formula is C13H17N5S2. The summed E-state index contributed by atoms with van der Waals surface area (Å²) in [5.41, 5.74) is 7.66. The minimum atomic E-state index is 0.00714. The van der Waals surface area contributed by atoms with Gasteiger partial charge < -0.3 is 15.6 Å². The molecule has 1 aromatic heterocycles. The molecule has 2 aromatic rings. The highest BCUT2D eigenvalue weighted by Gasteiger charge is 2.16. The molecule has 2 rings (SSSR count). The van der Waals surface area contributed by atoms with Crippen molar-refractivity contribution in [3.63, 3.8) is 0 Å². The van der Waals surface area contributed by atoms with E-state index in [-0.39, 0.29) is 6.04 Å². The number of nitrogens with one attached hydrogen (secondary N) is 1. The number of hydrogen-bond donors (Lipinski definition) is 2. The third-order valence-electron chi connectivity index (χ3n) is 3.00. The van der Waals surface area contributed by atoms with E-state index in [2.05, 4.69) is 15.5 Å². The number of nitrogens with zero attached hydrogens (tertiary/aromatic N) is 3. The average molecular weight is 307 g/mol. The Morgan fingerprint density at radius 3 is 2.80 bits per heavy atom. The van der Waals surface area contributed by atoms with Gasteiger partial charge in [-0.25, -0.2) is 0 Å². The van der Waals surface area contributed by atoms with Crippen molar-refractivity contribution in [2.75, 3.05) is 11.6 Å². The molecule has 0 saturated carbocycles. The molecule has 20 heavy (non-hydrogen) atoms. The van der Waals surface area contributed by atoms with E-state index in [9.17, 15) is 0 Å². The fourth-order valence-corrected chi connectivity index (χ4v) is 2.98. The van der Waals surface area contributed by atoms with Gasteiger partial charge in [0.05, 0.1) is 6.04 Å². The van der Waals surface area contributed by atoms with Gasteiger partial charge in [-0.3, -0.25) is 0 Å². The summed E-state index contributed by atoms with van der Waals surface area (Å²) >= 11 is 6.80. The van der Waals surface area contributed by atoms with E-state index in [0.29, 0.717) is 4.99 Å². The fourth-order valence-electron chi connectivity index (χ4n) is 2.06. The largest absolute Gasteiger partial charge is 0.389 e. The van der Waals surface area contributed by atoms with Crippen molar-refractivity contribution in [3.8, 4) is 0 Å². The molecule has 106 valence electrons. The molecule has 7 heteroatoms. The third-order valence-corrected chi connectivity index (χ3v) is 3.98. The Balaban J connectivity index is 2.34.